The highest BCUT2D eigenvalue weighted by atomic mass is 19.4. The molecule has 22 heavy (non-hydrogen) atoms. The van der Waals surface area contributed by atoms with Gasteiger partial charge in [0, 0.05) is 0 Å². The van der Waals surface area contributed by atoms with E-state index in [-0.39, 0.29) is 16.7 Å². The first-order valence-corrected chi connectivity index (χ1v) is 5.91. The summed E-state index contributed by atoms with van der Waals surface area (Å²) in [5, 5.41) is 8.78. The summed E-state index contributed by atoms with van der Waals surface area (Å²) in [7, 11) is 0. The van der Waals surface area contributed by atoms with E-state index in [2.05, 4.69) is 0 Å². The van der Waals surface area contributed by atoms with Crippen molar-refractivity contribution in [1.82, 2.24) is 0 Å². The van der Waals surface area contributed by atoms with E-state index >= 15 is 0 Å². The summed E-state index contributed by atoms with van der Waals surface area (Å²) in [6.07, 6.45) is -9.17. The van der Waals surface area contributed by atoms with Gasteiger partial charge < -0.3 is 0 Å². The first-order chi connectivity index (χ1) is 10.1. The van der Waals surface area contributed by atoms with Gasteiger partial charge >= 0.3 is 12.4 Å². The molecule has 0 aromatic heterocycles. The number of halogens is 6. The van der Waals surface area contributed by atoms with Crippen molar-refractivity contribution in [3.8, 4) is 17.2 Å². The normalized spacial score (nSPS) is 12.0. The Bertz CT molecular complexity index is 720. The standard InChI is InChI=1S/C15H7F6N/c16-14(17,18)12-3-1-10(2-4-12)11-5-9(8-22)6-13(7-11)15(19,20)21/h1-7H. The highest BCUT2D eigenvalue weighted by Crippen LogP contribution is 2.35. The average Bonchev–Trinajstić information content (AvgIpc) is 2.45. The van der Waals surface area contributed by atoms with Crippen LogP contribution < -0.4 is 0 Å². The Morgan fingerprint density at radius 3 is 1.68 bits per heavy atom. The lowest BCUT2D eigenvalue weighted by Crippen LogP contribution is -2.06. The molecule has 0 saturated heterocycles. The number of benzene rings is 2. The van der Waals surface area contributed by atoms with Crippen LogP contribution in [0.1, 0.15) is 16.7 Å². The fraction of sp³-hybridized carbons (Fsp3) is 0.133. The molecule has 0 fully saturated rings. The van der Waals surface area contributed by atoms with Crippen LogP contribution >= 0.6 is 0 Å². The van der Waals surface area contributed by atoms with E-state index in [0.29, 0.717) is 6.07 Å². The molecule has 1 nitrogen and oxygen atoms in total. The smallest absolute Gasteiger partial charge is 0.192 e. The molecule has 0 N–H and O–H groups in total. The molecule has 7 heteroatoms. The molecule has 2 aromatic rings. The molecule has 2 aromatic carbocycles. The average molecular weight is 315 g/mol. The van der Waals surface area contributed by atoms with Gasteiger partial charge in [-0.15, -0.1) is 0 Å². The molecule has 0 spiro atoms. The summed E-state index contributed by atoms with van der Waals surface area (Å²) in [5.74, 6) is 0. The highest BCUT2D eigenvalue weighted by Gasteiger charge is 2.32. The minimum Gasteiger partial charge on any atom is -0.192 e. The minimum absolute atomic E-state index is 0.0279. The number of alkyl halides is 6. The molecule has 0 saturated carbocycles. The molecule has 0 aliphatic heterocycles. The van der Waals surface area contributed by atoms with Crippen LogP contribution in [0.3, 0.4) is 0 Å². The van der Waals surface area contributed by atoms with Crippen LogP contribution in [0.4, 0.5) is 26.3 Å². The number of hydrogen-bond acceptors (Lipinski definition) is 1. The first kappa shape index (κ1) is 15.9. The molecule has 0 aliphatic rings. The minimum atomic E-state index is -4.65. The van der Waals surface area contributed by atoms with Gasteiger partial charge in [-0.05, 0) is 41.5 Å². The van der Waals surface area contributed by atoms with E-state index in [0.717, 1.165) is 30.3 Å². The summed E-state index contributed by atoms with van der Waals surface area (Å²) in [5.41, 5.74) is -1.95. The zero-order chi connectivity index (χ0) is 16.5. The quantitative estimate of drug-likeness (QED) is 0.658. The van der Waals surface area contributed by atoms with Crippen molar-refractivity contribution in [1.29, 1.82) is 5.26 Å². The van der Waals surface area contributed by atoms with Gasteiger partial charge in [0.05, 0.1) is 22.8 Å². The third-order valence-corrected chi connectivity index (χ3v) is 2.93. The van der Waals surface area contributed by atoms with Crippen LogP contribution in [0.2, 0.25) is 0 Å². The molecule has 0 bridgehead atoms. The topological polar surface area (TPSA) is 23.8 Å². The summed E-state index contributed by atoms with van der Waals surface area (Å²) in [4.78, 5) is 0. The number of nitrogens with zero attached hydrogens (tertiary/aromatic N) is 1. The van der Waals surface area contributed by atoms with Crippen molar-refractivity contribution in [2.75, 3.05) is 0 Å². The predicted molar refractivity (Wildman–Crippen MR) is 66.6 cm³/mol. The number of rotatable bonds is 1. The van der Waals surface area contributed by atoms with Gasteiger partial charge in [-0.3, -0.25) is 0 Å². The molecular formula is C15H7F6N. The fourth-order valence-electron chi connectivity index (χ4n) is 1.87. The van der Waals surface area contributed by atoms with E-state index in [1.165, 1.54) is 6.07 Å². The van der Waals surface area contributed by atoms with Crippen molar-refractivity contribution in [2.45, 2.75) is 12.4 Å². The van der Waals surface area contributed by atoms with Crippen LogP contribution in [0.15, 0.2) is 42.5 Å². The maximum atomic E-state index is 12.8. The van der Waals surface area contributed by atoms with Gasteiger partial charge in [-0.25, -0.2) is 0 Å². The highest BCUT2D eigenvalue weighted by molar-refractivity contribution is 5.67. The summed E-state index contributed by atoms with van der Waals surface area (Å²) < 4.78 is 75.7. The SMILES string of the molecule is N#Cc1cc(-c2ccc(C(F)(F)F)cc2)cc(C(F)(F)F)c1. The molecular weight excluding hydrogens is 308 g/mol. The van der Waals surface area contributed by atoms with Crippen LogP contribution in [-0.2, 0) is 12.4 Å². The van der Waals surface area contributed by atoms with E-state index < -0.39 is 23.5 Å². The second kappa shape index (κ2) is 5.37. The van der Waals surface area contributed by atoms with Crippen molar-refractivity contribution >= 4 is 0 Å². The van der Waals surface area contributed by atoms with E-state index in [1.54, 1.807) is 6.07 Å². The van der Waals surface area contributed by atoms with E-state index in [4.69, 9.17) is 5.26 Å². The molecule has 0 atom stereocenters. The van der Waals surface area contributed by atoms with Crippen LogP contribution in [0.5, 0.6) is 0 Å². The van der Waals surface area contributed by atoms with Gasteiger partial charge in [0.1, 0.15) is 0 Å². The molecule has 2 rings (SSSR count). The number of hydrogen-bond donors (Lipinski definition) is 0. The molecule has 0 radical (unpaired) electrons. The summed E-state index contributed by atoms with van der Waals surface area (Å²) >= 11 is 0. The molecule has 114 valence electrons. The lowest BCUT2D eigenvalue weighted by atomic mass is 9.99. The predicted octanol–water partition coefficient (Wildman–Crippen LogP) is 5.26. The Labute approximate surface area is 121 Å². The van der Waals surface area contributed by atoms with Crippen molar-refractivity contribution < 1.29 is 26.3 Å². The van der Waals surface area contributed by atoms with Crippen molar-refractivity contribution in [3.05, 3.63) is 59.2 Å². The Morgan fingerprint density at radius 1 is 0.682 bits per heavy atom. The Kier molecular flexibility index (Phi) is 3.88. The van der Waals surface area contributed by atoms with Crippen LogP contribution in [-0.4, -0.2) is 0 Å². The summed E-state index contributed by atoms with van der Waals surface area (Å²) in [6, 6.07) is 7.98. The van der Waals surface area contributed by atoms with Gasteiger partial charge in [0.2, 0.25) is 0 Å². The van der Waals surface area contributed by atoms with Crippen LogP contribution in [0.25, 0.3) is 11.1 Å². The maximum absolute atomic E-state index is 12.8. The fourth-order valence-corrected chi connectivity index (χ4v) is 1.87. The van der Waals surface area contributed by atoms with E-state index in [1.807, 2.05) is 0 Å². The van der Waals surface area contributed by atoms with E-state index in [9.17, 15) is 26.3 Å². The van der Waals surface area contributed by atoms with Crippen LogP contribution in [0, 0.1) is 11.3 Å². The maximum Gasteiger partial charge on any atom is 0.416 e. The third-order valence-electron chi connectivity index (χ3n) is 2.93. The second-order valence-electron chi connectivity index (χ2n) is 4.48. The van der Waals surface area contributed by atoms with Gasteiger partial charge in [-0.1, -0.05) is 12.1 Å². The monoisotopic (exact) mass is 315 g/mol. The molecule has 0 heterocycles. The lowest BCUT2D eigenvalue weighted by molar-refractivity contribution is -0.138. The van der Waals surface area contributed by atoms with Crippen molar-refractivity contribution in [3.63, 3.8) is 0 Å². The van der Waals surface area contributed by atoms with Gasteiger partial charge in [0.25, 0.3) is 0 Å². The Morgan fingerprint density at radius 2 is 1.23 bits per heavy atom. The van der Waals surface area contributed by atoms with Crippen molar-refractivity contribution in [2.24, 2.45) is 0 Å². The second-order valence-corrected chi connectivity index (χ2v) is 4.48. The lowest BCUT2D eigenvalue weighted by Gasteiger charge is -2.11. The molecule has 0 unspecified atom stereocenters. The zero-order valence-corrected chi connectivity index (χ0v) is 10.8. The third kappa shape index (κ3) is 3.39. The largest absolute Gasteiger partial charge is 0.416 e. The van der Waals surface area contributed by atoms with Gasteiger partial charge in [-0.2, -0.15) is 31.6 Å². The van der Waals surface area contributed by atoms with Gasteiger partial charge in [0.15, 0.2) is 0 Å². The zero-order valence-electron chi connectivity index (χ0n) is 10.8. The molecule has 0 amide bonds. The molecule has 0 aliphatic carbocycles. The summed E-state index contributed by atoms with van der Waals surface area (Å²) in [6.45, 7) is 0. The number of nitriles is 1. The Hall–Kier alpha value is -2.49. The first-order valence-electron chi connectivity index (χ1n) is 5.91. The Balaban J connectivity index is 2.51.